The summed E-state index contributed by atoms with van der Waals surface area (Å²) in [5.74, 6) is -1.62. The van der Waals surface area contributed by atoms with Crippen molar-refractivity contribution in [3.8, 4) is 0 Å². The maximum atomic E-state index is 14.5. The van der Waals surface area contributed by atoms with E-state index in [2.05, 4.69) is 103 Å². The van der Waals surface area contributed by atoms with Gasteiger partial charge in [0, 0.05) is 51.4 Å². The SMILES string of the molecule is CCN(CC)CC(c1ccc(C)cc1)N1CCN(C(=O)C(Cc2ccc(C)cc2)C(C(N)=O)C2NCc3ccccc32)CC1. The van der Waals surface area contributed by atoms with Gasteiger partial charge in [-0.2, -0.15) is 0 Å². The Balaban J connectivity index is 1.38. The van der Waals surface area contributed by atoms with Crippen LogP contribution in [0.3, 0.4) is 0 Å². The van der Waals surface area contributed by atoms with Crippen LogP contribution in [0.4, 0.5) is 0 Å². The first kappa shape index (κ1) is 31.9. The predicted octanol–water partition coefficient (Wildman–Crippen LogP) is 4.64. The Bertz CT molecular complexity index is 1390. The molecule has 44 heavy (non-hydrogen) atoms. The van der Waals surface area contributed by atoms with Crippen LogP contribution in [0, 0.1) is 25.7 Å². The molecule has 2 aliphatic rings. The molecule has 0 bridgehead atoms. The van der Waals surface area contributed by atoms with Crippen LogP contribution in [-0.2, 0) is 22.6 Å². The molecule has 2 amide bonds. The number of carbonyl (C=O) groups is 2. The molecule has 3 aromatic rings. The molecule has 1 fully saturated rings. The average molecular weight is 596 g/mol. The van der Waals surface area contributed by atoms with Gasteiger partial charge in [-0.1, -0.05) is 97.8 Å². The molecule has 0 aliphatic carbocycles. The summed E-state index contributed by atoms with van der Waals surface area (Å²) >= 11 is 0. The molecule has 3 N–H and O–H groups in total. The van der Waals surface area contributed by atoms with Gasteiger partial charge in [0.2, 0.25) is 11.8 Å². The number of rotatable bonds is 12. The van der Waals surface area contributed by atoms with Gasteiger partial charge in [-0.3, -0.25) is 14.5 Å². The number of aryl methyl sites for hydroxylation is 2. The van der Waals surface area contributed by atoms with Gasteiger partial charge in [-0.25, -0.2) is 0 Å². The van der Waals surface area contributed by atoms with Crippen molar-refractivity contribution >= 4 is 11.8 Å². The molecule has 0 saturated carbocycles. The zero-order valence-electron chi connectivity index (χ0n) is 26.8. The lowest BCUT2D eigenvalue weighted by Crippen LogP contribution is -2.54. The number of nitrogens with one attached hydrogen (secondary N) is 1. The van der Waals surface area contributed by atoms with E-state index in [0.29, 0.717) is 26.1 Å². The minimum absolute atomic E-state index is 0.0239. The Morgan fingerprint density at radius 2 is 1.50 bits per heavy atom. The van der Waals surface area contributed by atoms with Gasteiger partial charge in [0.1, 0.15) is 0 Å². The number of likely N-dealkylation sites (N-methyl/N-ethyl adjacent to an activating group) is 1. The molecule has 0 aromatic heterocycles. The fourth-order valence-electron chi connectivity index (χ4n) is 7.02. The molecule has 234 valence electrons. The van der Waals surface area contributed by atoms with Crippen molar-refractivity contribution in [1.82, 2.24) is 20.0 Å². The van der Waals surface area contributed by atoms with E-state index in [-0.39, 0.29) is 18.0 Å². The highest BCUT2D eigenvalue weighted by molar-refractivity contribution is 5.88. The number of carbonyl (C=O) groups excluding carboxylic acids is 2. The lowest BCUT2D eigenvalue weighted by Gasteiger charge is -2.42. The topological polar surface area (TPSA) is 81.9 Å². The fourth-order valence-corrected chi connectivity index (χ4v) is 7.02. The summed E-state index contributed by atoms with van der Waals surface area (Å²) in [5.41, 5.74) is 13.2. The van der Waals surface area contributed by atoms with E-state index in [0.717, 1.165) is 49.4 Å². The quantitative estimate of drug-likeness (QED) is 0.319. The highest BCUT2D eigenvalue weighted by Gasteiger charge is 2.43. The summed E-state index contributed by atoms with van der Waals surface area (Å²) in [7, 11) is 0. The van der Waals surface area contributed by atoms with Crippen LogP contribution in [0.5, 0.6) is 0 Å². The first-order valence-electron chi connectivity index (χ1n) is 16.3. The number of hydrogen-bond donors (Lipinski definition) is 2. The molecule has 1 saturated heterocycles. The van der Waals surface area contributed by atoms with E-state index in [9.17, 15) is 9.59 Å². The van der Waals surface area contributed by atoms with Crippen molar-refractivity contribution in [3.05, 3.63) is 106 Å². The van der Waals surface area contributed by atoms with Gasteiger partial charge >= 0.3 is 0 Å². The number of benzene rings is 3. The second-order valence-corrected chi connectivity index (χ2v) is 12.6. The van der Waals surface area contributed by atoms with Gasteiger partial charge in [0.05, 0.1) is 11.8 Å². The number of primary amides is 1. The third kappa shape index (κ3) is 7.23. The smallest absolute Gasteiger partial charge is 0.226 e. The Kier molecular flexibility index (Phi) is 10.5. The van der Waals surface area contributed by atoms with Crippen LogP contribution >= 0.6 is 0 Å². The monoisotopic (exact) mass is 595 g/mol. The van der Waals surface area contributed by atoms with E-state index in [1.54, 1.807) is 0 Å². The summed E-state index contributed by atoms with van der Waals surface area (Å²) in [6.45, 7) is 15.1. The minimum Gasteiger partial charge on any atom is -0.369 e. The molecule has 7 heteroatoms. The largest absolute Gasteiger partial charge is 0.369 e. The summed E-state index contributed by atoms with van der Waals surface area (Å²) in [4.78, 5) is 34.7. The van der Waals surface area contributed by atoms with Gasteiger partial charge in [-0.15, -0.1) is 0 Å². The Morgan fingerprint density at radius 3 is 2.11 bits per heavy atom. The van der Waals surface area contributed by atoms with E-state index in [1.807, 2.05) is 17.0 Å². The molecule has 2 heterocycles. The first-order chi connectivity index (χ1) is 21.3. The summed E-state index contributed by atoms with van der Waals surface area (Å²) < 4.78 is 0. The lowest BCUT2D eigenvalue weighted by atomic mass is 9.78. The number of piperazine rings is 1. The van der Waals surface area contributed by atoms with Crippen LogP contribution in [0.25, 0.3) is 0 Å². The first-order valence-corrected chi connectivity index (χ1v) is 16.3. The van der Waals surface area contributed by atoms with Crippen LogP contribution in [0.1, 0.15) is 59.3 Å². The summed E-state index contributed by atoms with van der Waals surface area (Å²) in [5, 5.41) is 3.53. The Hall–Kier alpha value is -3.52. The van der Waals surface area contributed by atoms with Crippen LogP contribution in [0.15, 0.2) is 72.8 Å². The molecule has 0 radical (unpaired) electrons. The fraction of sp³-hybridized carbons (Fsp3) is 0.459. The number of nitrogens with two attached hydrogens (primary N) is 1. The van der Waals surface area contributed by atoms with Crippen LogP contribution in [0.2, 0.25) is 0 Å². The molecule has 7 nitrogen and oxygen atoms in total. The van der Waals surface area contributed by atoms with E-state index in [1.165, 1.54) is 16.7 Å². The van der Waals surface area contributed by atoms with Crippen molar-refractivity contribution in [2.24, 2.45) is 17.6 Å². The number of amides is 2. The van der Waals surface area contributed by atoms with E-state index in [4.69, 9.17) is 5.73 Å². The van der Waals surface area contributed by atoms with Gasteiger partial charge in [-0.05, 0) is 55.6 Å². The van der Waals surface area contributed by atoms with Crippen LogP contribution < -0.4 is 11.1 Å². The number of nitrogens with zero attached hydrogens (tertiary/aromatic N) is 3. The van der Waals surface area contributed by atoms with Crippen molar-refractivity contribution in [2.45, 2.75) is 52.7 Å². The Morgan fingerprint density at radius 1 is 0.886 bits per heavy atom. The second-order valence-electron chi connectivity index (χ2n) is 12.6. The highest BCUT2D eigenvalue weighted by atomic mass is 16.2. The highest BCUT2D eigenvalue weighted by Crippen LogP contribution is 2.37. The van der Waals surface area contributed by atoms with Gasteiger partial charge in [0.15, 0.2) is 0 Å². The minimum atomic E-state index is -0.659. The summed E-state index contributed by atoms with van der Waals surface area (Å²) in [6, 6.07) is 25.3. The van der Waals surface area contributed by atoms with Crippen molar-refractivity contribution in [1.29, 1.82) is 0 Å². The zero-order chi connectivity index (χ0) is 31.2. The number of hydrogen-bond acceptors (Lipinski definition) is 5. The zero-order valence-corrected chi connectivity index (χ0v) is 26.8. The van der Waals surface area contributed by atoms with Crippen molar-refractivity contribution in [2.75, 3.05) is 45.8 Å². The van der Waals surface area contributed by atoms with Crippen molar-refractivity contribution < 1.29 is 9.59 Å². The predicted molar refractivity (Wildman–Crippen MR) is 177 cm³/mol. The normalized spacial score (nSPS) is 19.0. The van der Waals surface area contributed by atoms with E-state index < -0.39 is 17.7 Å². The molecular weight excluding hydrogens is 546 g/mol. The average Bonchev–Trinajstić information content (AvgIpc) is 3.46. The molecule has 3 aromatic carbocycles. The second kappa shape index (κ2) is 14.5. The van der Waals surface area contributed by atoms with Gasteiger partial charge < -0.3 is 20.9 Å². The van der Waals surface area contributed by atoms with E-state index >= 15 is 0 Å². The maximum Gasteiger partial charge on any atom is 0.226 e. The molecular formula is C37H49N5O2. The maximum absolute atomic E-state index is 14.5. The lowest BCUT2D eigenvalue weighted by molar-refractivity contribution is -0.143. The molecule has 0 spiro atoms. The Labute approximate surface area is 263 Å². The molecule has 5 rings (SSSR count). The summed E-state index contributed by atoms with van der Waals surface area (Å²) in [6.07, 6.45) is 0.473. The molecule has 2 aliphatic heterocycles. The number of fused-ring (bicyclic) bond motifs is 1. The molecule has 4 atom stereocenters. The van der Waals surface area contributed by atoms with Crippen LogP contribution in [-0.4, -0.2) is 72.3 Å². The standard InChI is InChI=1S/C37H49N5O2/c1-5-40(6-2)25-33(29-17-13-27(4)14-18-29)41-19-21-42(22-20-41)37(44)32(23-28-15-11-26(3)12-16-28)34(36(38)43)35-31-10-8-7-9-30(31)24-39-35/h7-18,32-35,39H,5-6,19-25H2,1-4H3,(H2,38,43). The van der Waals surface area contributed by atoms with Crippen molar-refractivity contribution in [3.63, 3.8) is 0 Å². The third-order valence-electron chi connectivity index (χ3n) is 9.77. The third-order valence-corrected chi connectivity index (χ3v) is 9.77. The molecule has 4 unspecified atom stereocenters. The van der Waals surface area contributed by atoms with Gasteiger partial charge in [0.25, 0.3) is 0 Å².